The van der Waals surface area contributed by atoms with E-state index in [0.717, 1.165) is 6.54 Å². The zero-order valence-electron chi connectivity index (χ0n) is 8.33. The van der Waals surface area contributed by atoms with E-state index >= 15 is 0 Å². The second kappa shape index (κ2) is 4.44. The van der Waals surface area contributed by atoms with Gasteiger partial charge >= 0.3 is 0 Å². The van der Waals surface area contributed by atoms with Gasteiger partial charge in [-0.25, -0.2) is 0 Å². The molecule has 1 heterocycles. The number of azo groups is 1. The molecule has 0 aromatic heterocycles. The Bertz CT molecular complexity index is 205. The number of hydrogen-bond acceptors (Lipinski definition) is 2. The van der Waals surface area contributed by atoms with Gasteiger partial charge in [-0.1, -0.05) is 27.7 Å². The lowest BCUT2D eigenvalue weighted by Crippen LogP contribution is -2.01. The fraction of sp³-hybridized carbons (Fsp3) is 0.778. The van der Waals surface area contributed by atoms with Gasteiger partial charge < -0.3 is 0 Å². The van der Waals surface area contributed by atoms with Crippen LogP contribution >= 0.6 is 0 Å². The molecule has 1 aliphatic heterocycles. The van der Waals surface area contributed by atoms with E-state index < -0.39 is 0 Å². The van der Waals surface area contributed by atoms with Crippen molar-refractivity contribution in [2.75, 3.05) is 6.54 Å². The van der Waals surface area contributed by atoms with Crippen molar-refractivity contribution in [2.24, 2.45) is 22.1 Å². The van der Waals surface area contributed by atoms with E-state index in [0.29, 0.717) is 11.8 Å². The molecule has 0 amide bonds. The minimum Gasteiger partial charge on any atom is -0.184 e. The Morgan fingerprint density at radius 3 is 2.00 bits per heavy atom. The third kappa shape index (κ3) is 2.19. The predicted molar refractivity (Wildman–Crippen MR) is 52.2 cm³/mol. The van der Waals surface area contributed by atoms with Crippen LogP contribution < -0.4 is 0 Å². The predicted octanol–water partition coefficient (Wildman–Crippen LogP) is 2.64. The molecule has 0 aromatic carbocycles. The minimum absolute atomic E-state index is 0. The molecule has 3 radical (unpaired) electrons. The molecule has 2 nitrogen and oxygen atoms in total. The Morgan fingerprint density at radius 2 is 1.67 bits per heavy atom. The Hall–Kier alpha value is -0.595. The Morgan fingerprint density at radius 1 is 1.08 bits per heavy atom. The summed E-state index contributed by atoms with van der Waals surface area (Å²) in [5, 5.41) is 8.18. The third-order valence-corrected chi connectivity index (χ3v) is 1.99. The van der Waals surface area contributed by atoms with E-state index in [1.165, 1.54) is 11.3 Å². The summed E-state index contributed by atoms with van der Waals surface area (Å²) in [5.41, 5.74) is 2.63. The van der Waals surface area contributed by atoms with Gasteiger partial charge in [0.15, 0.2) is 0 Å². The maximum absolute atomic E-state index is 4.14. The van der Waals surface area contributed by atoms with Crippen molar-refractivity contribution in [1.29, 1.82) is 0 Å². The highest BCUT2D eigenvalue weighted by Gasteiger charge is 2.17. The van der Waals surface area contributed by atoms with Gasteiger partial charge in [-0.15, -0.1) is 0 Å². The van der Waals surface area contributed by atoms with Crippen LogP contribution in [0.1, 0.15) is 27.7 Å². The highest BCUT2D eigenvalue weighted by molar-refractivity contribution is 5.75. The van der Waals surface area contributed by atoms with Crippen molar-refractivity contribution < 1.29 is 0 Å². The lowest BCUT2D eigenvalue weighted by atomic mass is 9.97. The zero-order chi connectivity index (χ0) is 8.43. The molecule has 0 aliphatic carbocycles. The molecule has 0 atom stereocenters. The van der Waals surface area contributed by atoms with Crippen molar-refractivity contribution in [3.05, 3.63) is 11.3 Å². The van der Waals surface area contributed by atoms with E-state index in [2.05, 4.69) is 37.9 Å². The van der Waals surface area contributed by atoms with Crippen molar-refractivity contribution in [2.45, 2.75) is 27.7 Å². The summed E-state index contributed by atoms with van der Waals surface area (Å²) in [4.78, 5) is 0. The van der Waals surface area contributed by atoms with E-state index in [1.54, 1.807) is 0 Å². The van der Waals surface area contributed by atoms with Gasteiger partial charge in [0.1, 0.15) is 0 Å². The first-order valence-corrected chi connectivity index (χ1v) is 4.23. The molecular weight excluding hydrogens is 147 g/mol. The Kier molecular flexibility index (Phi) is 4.22. The van der Waals surface area contributed by atoms with Gasteiger partial charge in [0.05, 0.1) is 12.2 Å². The first-order chi connectivity index (χ1) is 5.13. The van der Waals surface area contributed by atoms with Crippen LogP contribution in [0.5, 0.6) is 0 Å². The van der Waals surface area contributed by atoms with Crippen molar-refractivity contribution in [1.82, 2.24) is 0 Å². The van der Waals surface area contributed by atoms with Crippen LogP contribution in [0.15, 0.2) is 21.5 Å². The van der Waals surface area contributed by atoms with E-state index in [9.17, 15) is 0 Å². The van der Waals surface area contributed by atoms with Crippen LogP contribution in [-0.4, -0.2) is 15.0 Å². The van der Waals surface area contributed by atoms with Gasteiger partial charge in [-0.3, -0.25) is 0 Å². The summed E-state index contributed by atoms with van der Waals surface area (Å²) in [6, 6.07) is 0. The molecule has 0 N–H and O–H groups in total. The van der Waals surface area contributed by atoms with Crippen molar-refractivity contribution >= 4 is 8.41 Å². The quantitative estimate of drug-likeness (QED) is 0.559. The van der Waals surface area contributed by atoms with Crippen LogP contribution in [0, 0.1) is 11.8 Å². The SMILES string of the molecule is CC(C)C1=C(C(C)C)N=NC1.[B]. The van der Waals surface area contributed by atoms with E-state index in [-0.39, 0.29) is 8.41 Å². The van der Waals surface area contributed by atoms with Gasteiger partial charge in [0, 0.05) is 8.41 Å². The monoisotopic (exact) mass is 163 g/mol. The summed E-state index contributed by atoms with van der Waals surface area (Å²) in [5.74, 6) is 1.13. The number of nitrogens with zero attached hydrogens (tertiary/aromatic N) is 2. The molecule has 1 rings (SSSR count). The van der Waals surface area contributed by atoms with Gasteiger partial charge in [0.25, 0.3) is 0 Å². The first-order valence-electron chi connectivity index (χ1n) is 4.23. The van der Waals surface area contributed by atoms with Crippen LogP contribution in [0.4, 0.5) is 0 Å². The summed E-state index contributed by atoms with van der Waals surface area (Å²) in [7, 11) is 0. The molecule has 0 bridgehead atoms. The highest BCUT2D eigenvalue weighted by atomic mass is 15.1. The highest BCUT2D eigenvalue weighted by Crippen LogP contribution is 2.27. The minimum atomic E-state index is 0. The van der Waals surface area contributed by atoms with Crippen molar-refractivity contribution in [3.8, 4) is 0 Å². The molecule has 0 saturated heterocycles. The topological polar surface area (TPSA) is 24.7 Å². The lowest BCUT2D eigenvalue weighted by Gasteiger charge is -2.09. The first kappa shape index (κ1) is 11.4. The largest absolute Gasteiger partial charge is 0.184 e. The Labute approximate surface area is 76.7 Å². The molecule has 1 aliphatic rings. The average Bonchev–Trinajstić information content (AvgIpc) is 2.32. The standard InChI is InChI=1S/C9H16N2.B/c1-6(2)8-5-10-11-9(8)7(3)4;/h6-7H,5H2,1-4H3;. The molecule has 0 aromatic rings. The molecule has 0 fully saturated rings. The summed E-state index contributed by atoms with van der Waals surface area (Å²) < 4.78 is 0. The average molecular weight is 163 g/mol. The molecule has 65 valence electrons. The molecule has 0 spiro atoms. The fourth-order valence-corrected chi connectivity index (χ4v) is 1.30. The number of rotatable bonds is 2. The van der Waals surface area contributed by atoms with E-state index in [4.69, 9.17) is 0 Å². The Balaban J connectivity index is 0.00000121. The van der Waals surface area contributed by atoms with Crippen LogP contribution in [0.3, 0.4) is 0 Å². The molecule has 3 heteroatoms. The summed E-state index contributed by atoms with van der Waals surface area (Å²) >= 11 is 0. The van der Waals surface area contributed by atoms with E-state index in [1.807, 2.05) is 0 Å². The molecule has 12 heavy (non-hydrogen) atoms. The van der Waals surface area contributed by atoms with Gasteiger partial charge in [-0.2, -0.15) is 10.2 Å². The van der Waals surface area contributed by atoms with Crippen LogP contribution in [0.2, 0.25) is 0 Å². The van der Waals surface area contributed by atoms with Gasteiger partial charge in [-0.05, 0) is 17.4 Å². The normalized spacial score (nSPS) is 16.2. The van der Waals surface area contributed by atoms with Crippen molar-refractivity contribution in [3.63, 3.8) is 0 Å². The third-order valence-electron chi connectivity index (χ3n) is 1.99. The molecule has 0 saturated carbocycles. The molecule has 0 unspecified atom stereocenters. The smallest absolute Gasteiger partial charge is 0.0837 e. The summed E-state index contributed by atoms with van der Waals surface area (Å²) in [6.45, 7) is 9.57. The van der Waals surface area contributed by atoms with Crippen LogP contribution in [0.25, 0.3) is 0 Å². The lowest BCUT2D eigenvalue weighted by molar-refractivity contribution is 0.695. The fourth-order valence-electron chi connectivity index (χ4n) is 1.30. The summed E-state index contributed by atoms with van der Waals surface area (Å²) in [6.07, 6.45) is 0. The number of allylic oxidation sites excluding steroid dienone is 1. The number of hydrogen-bond donors (Lipinski definition) is 0. The maximum atomic E-state index is 4.14. The van der Waals surface area contributed by atoms with Gasteiger partial charge in [0.2, 0.25) is 0 Å². The second-order valence-corrected chi connectivity index (χ2v) is 3.62. The maximum Gasteiger partial charge on any atom is 0.0837 e. The van der Waals surface area contributed by atoms with Crippen LogP contribution in [-0.2, 0) is 0 Å². The zero-order valence-corrected chi connectivity index (χ0v) is 8.33. The molecular formula is C9H16BN2. The second-order valence-electron chi connectivity index (χ2n) is 3.62.